The van der Waals surface area contributed by atoms with E-state index in [-0.39, 0.29) is 35.6 Å². The molecule has 2 fully saturated rings. The molecule has 3 aromatic carbocycles. The highest BCUT2D eigenvalue weighted by Crippen LogP contribution is 2.34. The first-order chi connectivity index (χ1) is 21.8. The van der Waals surface area contributed by atoms with Gasteiger partial charge in [-0.1, -0.05) is 54.6 Å². The molecule has 1 N–H and O–H groups in total. The van der Waals surface area contributed by atoms with E-state index in [1.165, 1.54) is 17.4 Å². The summed E-state index contributed by atoms with van der Waals surface area (Å²) in [5.41, 5.74) is 3.35. The van der Waals surface area contributed by atoms with E-state index in [2.05, 4.69) is 41.7 Å². The molecule has 7 rings (SSSR count). The van der Waals surface area contributed by atoms with Crippen LogP contribution >= 0.6 is 11.3 Å². The maximum atomic E-state index is 15.3. The highest BCUT2D eigenvalue weighted by atomic mass is 32.1. The number of nitrogens with zero attached hydrogens (tertiary/aromatic N) is 3. The Hall–Kier alpha value is -5.16. The second-order valence-electron chi connectivity index (χ2n) is 11.2. The second kappa shape index (κ2) is 11.4. The molecule has 1 aromatic heterocycles. The number of nitrogens with one attached hydrogen (secondary N) is 1. The molecule has 11 heteroatoms. The minimum absolute atomic E-state index is 0.00105. The molecule has 0 spiro atoms. The van der Waals surface area contributed by atoms with Crippen LogP contribution in [0.4, 0.5) is 10.1 Å². The molecule has 45 heavy (non-hydrogen) atoms. The molecule has 9 nitrogen and oxygen atoms in total. The number of fused-ring (bicyclic) bond motifs is 1. The Morgan fingerprint density at radius 2 is 1.42 bits per heavy atom. The molecule has 0 radical (unpaired) electrons. The maximum absolute atomic E-state index is 15.3. The van der Waals surface area contributed by atoms with E-state index in [1.807, 2.05) is 30.3 Å². The lowest BCUT2D eigenvalue weighted by molar-refractivity contribution is -0.136. The van der Waals surface area contributed by atoms with Crippen molar-refractivity contribution in [1.82, 2.24) is 15.1 Å². The zero-order chi connectivity index (χ0) is 31.2. The summed E-state index contributed by atoms with van der Waals surface area (Å²) in [5, 5.41) is 2.15. The Labute approximate surface area is 261 Å². The number of piperidine rings is 1. The van der Waals surface area contributed by atoms with Crippen LogP contribution in [0, 0.1) is 5.82 Å². The minimum atomic E-state index is -1.12. The van der Waals surface area contributed by atoms with Crippen molar-refractivity contribution >= 4 is 46.6 Å². The van der Waals surface area contributed by atoms with Gasteiger partial charge >= 0.3 is 0 Å². The van der Waals surface area contributed by atoms with Crippen molar-refractivity contribution in [3.63, 3.8) is 0 Å². The predicted octanol–water partition coefficient (Wildman–Crippen LogP) is 4.58. The first-order valence-electron chi connectivity index (χ1n) is 14.6. The van der Waals surface area contributed by atoms with Crippen molar-refractivity contribution in [2.75, 3.05) is 31.1 Å². The number of amides is 5. The molecule has 2 saturated heterocycles. The monoisotopic (exact) mass is 622 g/mol. The third-order valence-electron chi connectivity index (χ3n) is 8.51. The standard InChI is InChI=1S/C34H27FN4O5S/c35-25-18-23-24(33(43)39(32(23)42)26-10-13-30(40)36-31(26)41)19-27(25)37-14-16-38(17-15-37)34(44)29-12-11-28(45-29)22-8-6-21(7-9-22)20-4-2-1-3-5-20/h1-9,11-12,18-19,26H,10,13-17H2,(H,36,40,41). The zero-order valence-electron chi connectivity index (χ0n) is 24.0. The number of piperazine rings is 1. The number of benzene rings is 3. The maximum Gasteiger partial charge on any atom is 0.264 e. The predicted molar refractivity (Wildman–Crippen MR) is 166 cm³/mol. The van der Waals surface area contributed by atoms with Gasteiger partial charge in [0.25, 0.3) is 17.7 Å². The van der Waals surface area contributed by atoms with Gasteiger partial charge in [0.05, 0.1) is 21.7 Å². The molecule has 226 valence electrons. The fraction of sp³-hybridized carbons (Fsp3) is 0.206. The number of halogens is 1. The van der Waals surface area contributed by atoms with Crippen LogP contribution in [0.25, 0.3) is 21.6 Å². The van der Waals surface area contributed by atoms with Crippen molar-refractivity contribution in [3.8, 4) is 21.6 Å². The van der Waals surface area contributed by atoms with Gasteiger partial charge in [-0.3, -0.25) is 34.2 Å². The molecule has 4 aromatic rings. The van der Waals surface area contributed by atoms with E-state index in [4.69, 9.17) is 0 Å². The highest BCUT2D eigenvalue weighted by molar-refractivity contribution is 7.17. The number of imide groups is 2. The van der Waals surface area contributed by atoms with Gasteiger partial charge in [-0.25, -0.2) is 4.39 Å². The fourth-order valence-electron chi connectivity index (χ4n) is 6.09. The summed E-state index contributed by atoms with van der Waals surface area (Å²) in [6, 6.07) is 23.4. The van der Waals surface area contributed by atoms with Gasteiger partial charge < -0.3 is 9.80 Å². The van der Waals surface area contributed by atoms with Crippen molar-refractivity contribution in [3.05, 3.63) is 101 Å². The second-order valence-corrected chi connectivity index (χ2v) is 12.3. The summed E-state index contributed by atoms with van der Waals surface area (Å²) in [6.45, 7) is 1.37. The molecule has 5 amide bonds. The third kappa shape index (κ3) is 5.18. The van der Waals surface area contributed by atoms with Crippen LogP contribution < -0.4 is 10.2 Å². The topological polar surface area (TPSA) is 107 Å². The van der Waals surface area contributed by atoms with Crippen LogP contribution in [-0.4, -0.2) is 71.6 Å². The number of carbonyl (C=O) groups excluding carboxylic acids is 5. The van der Waals surface area contributed by atoms with E-state index < -0.39 is 35.5 Å². The average Bonchev–Trinajstić information content (AvgIpc) is 3.64. The molecular formula is C34H27FN4O5S. The Morgan fingerprint density at radius 1 is 0.778 bits per heavy atom. The van der Waals surface area contributed by atoms with E-state index in [0.29, 0.717) is 31.1 Å². The van der Waals surface area contributed by atoms with Gasteiger partial charge in [0.15, 0.2) is 0 Å². The lowest BCUT2D eigenvalue weighted by atomic mass is 10.0. The number of anilines is 1. The van der Waals surface area contributed by atoms with Crippen molar-refractivity contribution < 1.29 is 28.4 Å². The summed E-state index contributed by atoms with van der Waals surface area (Å²) < 4.78 is 15.3. The van der Waals surface area contributed by atoms with Crippen LogP contribution in [0.15, 0.2) is 78.9 Å². The summed E-state index contributed by atoms with van der Waals surface area (Å²) in [5.74, 6) is -3.40. The number of hydrogen-bond donors (Lipinski definition) is 1. The molecule has 3 aliphatic rings. The molecule has 4 heterocycles. The molecule has 3 aliphatic heterocycles. The SMILES string of the molecule is O=C1CCC(N2C(=O)c3cc(F)c(N4CCN(C(=O)c5ccc(-c6ccc(-c7ccccc7)cc6)s5)CC4)cc3C2=O)C(=O)N1. The molecule has 1 atom stereocenters. The van der Waals surface area contributed by atoms with E-state index in [0.717, 1.165) is 32.5 Å². The van der Waals surface area contributed by atoms with Crippen molar-refractivity contribution in [2.24, 2.45) is 0 Å². The number of thiophene rings is 1. The average molecular weight is 623 g/mol. The van der Waals surface area contributed by atoms with Crippen LogP contribution in [0.5, 0.6) is 0 Å². The van der Waals surface area contributed by atoms with E-state index in [1.54, 1.807) is 9.80 Å². The Kier molecular flexibility index (Phi) is 7.25. The first-order valence-corrected chi connectivity index (χ1v) is 15.4. The third-order valence-corrected chi connectivity index (χ3v) is 9.63. The van der Waals surface area contributed by atoms with Crippen molar-refractivity contribution in [1.29, 1.82) is 0 Å². The van der Waals surface area contributed by atoms with Gasteiger partial charge in [0, 0.05) is 37.5 Å². The summed E-state index contributed by atoms with van der Waals surface area (Å²) in [7, 11) is 0. The van der Waals surface area contributed by atoms with Gasteiger partial charge in [-0.05, 0) is 47.4 Å². The van der Waals surface area contributed by atoms with Gasteiger partial charge in [-0.15, -0.1) is 11.3 Å². The van der Waals surface area contributed by atoms with Gasteiger partial charge in [0.2, 0.25) is 11.8 Å². The smallest absolute Gasteiger partial charge is 0.264 e. The van der Waals surface area contributed by atoms with Crippen LogP contribution in [0.1, 0.15) is 43.2 Å². The molecule has 0 bridgehead atoms. The van der Waals surface area contributed by atoms with E-state index >= 15 is 4.39 Å². The van der Waals surface area contributed by atoms with Crippen LogP contribution in [-0.2, 0) is 9.59 Å². The number of carbonyl (C=O) groups is 5. The largest absolute Gasteiger partial charge is 0.366 e. The molecule has 0 saturated carbocycles. The van der Waals surface area contributed by atoms with Crippen LogP contribution in [0.2, 0.25) is 0 Å². The van der Waals surface area contributed by atoms with Gasteiger partial charge in [-0.2, -0.15) is 0 Å². The fourth-order valence-corrected chi connectivity index (χ4v) is 7.07. The summed E-state index contributed by atoms with van der Waals surface area (Å²) >= 11 is 1.43. The quantitative estimate of drug-likeness (QED) is 0.327. The minimum Gasteiger partial charge on any atom is -0.366 e. The zero-order valence-corrected chi connectivity index (χ0v) is 24.8. The highest BCUT2D eigenvalue weighted by Gasteiger charge is 2.45. The molecule has 1 unspecified atom stereocenters. The first kappa shape index (κ1) is 28.6. The van der Waals surface area contributed by atoms with E-state index in [9.17, 15) is 24.0 Å². The Morgan fingerprint density at radius 3 is 2.11 bits per heavy atom. The lowest BCUT2D eigenvalue weighted by Crippen LogP contribution is -2.54. The summed E-state index contributed by atoms with van der Waals surface area (Å²) in [4.78, 5) is 69.4. The lowest BCUT2D eigenvalue weighted by Gasteiger charge is -2.36. The Bertz CT molecular complexity index is 1870. The van der Waals surface area contributed by atoms with Crippen LogP contribution in [0.3, 0.4) is 0 Å². The molecular weight excluding hydrogens is 595 g/mol. The Balaban J connectivity index is 1.01. The normalized spacial score (nSPS) is 18.3. The summed E-state index contributed by atoms with van der Waals surface area (Å²) in [6.07, 6.45) is 0.0226. The molecule has 0 aliphatic carbocycles. The van der Waals surface area contributed by atoms with Crippen molar-refractivity contribution in [2.45, 2.75) is 18.9 Å². The number of hydrogen-bond acceptors (Lipinski definition) is 7. The van der Waals surface area contributed by atoms with Gasteiger partial charge in [0.1, 0.15) is 11.9 Å². The number of rotatable bonds is 5.